The fraction of sp³-hybridized carbons (Fsp3) is 0.154. The lowest BCUT2D eigenvalue weighted by molar-refractivity contribution is 0.356. The number of aromatic amines is 1. The molecule has 2 aromatic heterocycles. The van der Waals surface area contributed by atoms with Gasteiger partial charge in [0.25, 0.3) is 0 Å². The first-order valence-corrected chi connectivity index (χ1v) is 10.5. The van der Waals surface area contributed by atoms with Gasteiger partial charge in [0.1, 0.15) is 0 Å². The van der Waals surface area contributed by atoms with E-state index in [0.29, 0.717) is 35.0 Å². The molecule has 0 saturated carbocycles. The van der Waals surface area contributed by atoms with Crippen LogP contribution in [0.5, 0.6) is 23.0 Å². The molecule has 0 unspecified atom stereocenters. The molecule has 0 amide bonds. The van der Waals surface area contributed by atoms with Crippen LogP contribution in [0.2, 0.25) is 0 Å². The molecule has 0 aliphatic carbocycles. The predicted molar refractivity (Wildman–Crippen MR) is 127 cm³/mol. The summed E-state index contributed by atoms with van der Waals surface area (Å²) in [6.45, 7) is 0. The number of H-pyrrole nitrogens is 1. The number of hydrogen-bond acceptors (Lipinski definition) is 6. The highest BCUT2D eigenvalue weighted by Gasteiger charge is 2.20. The number of pyridine rings is 1. The van der Waals surface area contributed by atoms with E-state index in [0.717, 1.165) is 27.4 Å². The first-order chi connectivity index (χ1) is 16.1. The number of aromatic nitrogens is 3. The third-order valence-corrected chi connectivity index (χ3v) is 5.76. The second-order valence-electron chi connectivity index (χ2n) is 7.66. The highest BCUT2D eigenvalue weighted by molar-refractivity contribution is 6.12. The molecule has 166 valence electrons. The van der Waals surface area contributed by atoms with Gasteiger partial charge in [0, 0.05) is 28.5 Å². The Labute approximate surface area is 190 Å². The summed E-state index contributed by atoms with van der Waals surface area (Å²) in [6, 6.07) is 19.3. The summed E-state index contributed by atoms with van der Waals surface area (Å²) in [5.41, 5.74) is 4.23. The molecule has 5 aromatic rings. The van der Waals surface area contributed by atoms with Gasteiger partial charge in [0.05, 0.1) is 32.4 Å². The minimum absolute atomic E-state index is 0.0656. The van der Waals surface area contributed by atoms with Gasteiger partial charge < -0.3 is 19.3 Å². The highest BCUT2D eigenvalue weighted by Crippen LogP contribution is 2.41. The Morgan fingerprint density at radius 1 is 0.818 bits per heavy atom. The minimum Gasteiger partial charge on any atom is -0.504 e. The molecular formula is C26H23N3O4. The van der Waals surface area contributed by atoms with E-state index in [9.17, 15) is 5.11 Å². The van der Waals surface area contributed by atoms with Crippen molar-refractivity contribution in [2.75, 3.05) is 21.3 Å². The number of phenolic OH excluding ortho intramolecular Hbond substituents is 1. The number of fused-ring (bicyclic) bond motifs is 3. The molecule has 3 aromatic carbocycles. The maximum Gasteiger partial charge on any atom is 0.182 e. The van der Waals surface area contributed by atoms with Crippen LogP contribution in [0, 0.1) is 0 Å². The van der Waals surface area contributed by atoms with Crippen molar-refractivity contribution in [3.63, 3.8) is 0 Å². The smallest absolute Gasteiger partial charge is 0.182 e. The molecule has 0 spiro atoms. The van der Waals surface area contributed by atoms with Crippen molar-refractivity contribution in [3.8, 4) is 34.3 Å². The number of hydrogen-bond donors (Lipinski definition) is 2. The molecule has 0 fully saturated rings. The van der Waals surface area contributed by atoms with E-state index < -0.39 is 0 Å². The third kappa shape index (κ3) is 3.57. The van der Waals surface area contributed by atoms with Crippen molar-refractivity contribution in [1.29, 1.82) is 0 Å². The molecule has 33 heavy (non-hydrogen) atoms. The Bertz CT molecular complexity index is 1460. The van der Waals surface area contributed by atoms with Gasteiger partial charge >= 0.3 is 0 Å². The normalized spacial score (nSPS) is 11.1. The minimum atomic E-state index is 0.0656. The first kappa shape index (κ1) is 20.6. The van der Waals surface area contributed by atoms with Crippen LogP contribution in [0.3, 0.4) is 0 Å². The second kappa shape index (κ2) is 8.35. The number of aromatic hydroxyl groups is 1. The number of nitrogens with one attached hydrogen (secondary N) is 1. The number of phenols is 1. The standard InChI is InChI=1S/C26H23N3O4/c1-31-21-12-16(9-10-20(21)30)25-18-14-23(33-3)22(32-2)13-17(18)24-19(28-29-26(24)27-25)11-15-7-5-4-6-8-15/h4-10,12-14,30H,11H2,1-3H3,(H,27,28,29). The Balaban J connectivity index is 1.81. The molecule has 5 rings (SSSR count). The van der Waals surface area contributed by atoms with E-state index in [2.05, 4.69) is 22.3 Å². The summed E-state index contributed by atoms with van der Waals surface area (Å²) < 4.78 is 16.5. The molecule has 2 heterocycles. The monoisotopic (exact) mass is 441 g/mol. The number of rotatable bonds is 6. The molecule has 0 aliphatic heterocycles. The Kier molecular flexibility index (Phi) is 5.22. The van der Waals surface area contributed by atoms with Gasteiger partial charge in [0.2, 0.25) is 0 Å². The molecular weight excluding hydrogens is 418 g/mol. The summed E-state index contributed by atoms with van der Waals surface area (Å²) >= 11 is 0. The van der Waals surface area contributed by atoms with Gasteiger partial charge in [-0.25, -0.2) is 4.98 Å². The predicted octanol–water partition coefficient (Wildman–Crippen LogP) is 5.10. The summed E-state index contributed by atoms with van der Waals surface area (Å²) in [5, 5.41) is 20.5. The van der Waals surface area contributed by atoms with Crippen molar-refractivity contribution in [3.05, 3.63) is 71.9 Å². The number of methoxy groups -OCH3 is 3. The fourth-order valence-electron chi connectivity index (χ4n) is 4.15. The molecule has 0 aliphatic rings. The fourth-order valence-corrected chi connectivity index (χ4v) is 4.15. The van der Waals surface area contributed by atoms with Crippen LogP contribution in [-0.2, 0) is 6.42 Å². The van der Waals surface area contributed by atoms with Crippen LogP contribution >= 0.6 is 0 Å². The highest BCUT2D eigenvalue weighted by atomic mass is 16.5. The Hall–Kier alpha value is -4.26. The van der Waals surface area contributed by atoms with Gasteiger partial charge in [0.15, 0.2) is 28.6 Å². The summed E-state index contributed by atoms with van der Waals surface area (Å²) in [5.74, 6) is 1.66. The number of ether oxygens (including phenoxy) is 3. The topological polar surface area (TPSA) is 89.5 Å². The van der Waals surface area contributed by atoms with Gasteiger partial charge in [-0.2, -0.15) is 5.10 Å². The molecule has 0 radical (unpaired) electrons. The third-order valence-electron chi connectivity index (χ3n) is 5.76. The van der Waals surface area contributed by atoms with Gasteiger partial charge in [-0.05, 0) is 35.9 Å². The molecule has 2 N–H and O–H groups in total. The number of benzene rings is 3. The molecule has 7 heteroatoms. The van der Waals surface area contributed by atoms with Crippen LogP contribution < -0.4 is 14.2 Å². The number of nitrogens with zero attached hydrogens (tertiary/aromatic N) is 2. The lowest BCUT2D eigenvalue weighted by atomic mass is 9.98. The summed E-state index contributed by atoms with van der Waals surface area (Å²) in [4.78, 5) is 4.90. The van der Waals surface area contributed by atoms with E-state index in [-0.39, 0.29) is 5.75 Å². The van der Waals surface area contributed by atoms with Gasteiger partial charge in [-0.15, -0.1) is 0 Å². The Morgan fingerprint density at radius 3 is 2.21 bits per heavy atom. The van der Waals surface area contributed by atoms with Crippen molar-refractivity contribution < 1.29 is 19.3 Å². The zero-order chi connectivity index (χ0) is 22.9. The zero-order valence-corrected chi connectivity index (χ0v) is 18.5. The van der Waals surface area contributed by atoms with E-state index in [1.807, 2.05) is 30.3 Å². The maximum absolute atomic E-state index is 10.1. The van der Waals surface area contributed by atoms with Crippen molar-refractivity contribution >= 4 is 21.8 Å². The van der Waals surface area contributed by atoms with E-state index >= 15 is 0 Å². The van der Waals surface area contributed by atoms with Crippen LogP contribution in [0.4, 0.5) is 0 Å². The molecule has 0 saturated heterocycles. The average Bonchev–Trinajstić information content (AvgIpc) is 3.26. The van der Waals surface area contributed by atoms with Crippen molar-refractivity contribution in [2.24, 2.45) is 0 Å². The summed E-state index contributed by atoms with van der Waals surface area (Å²) in [7, 11) is 4.75. The van der Waals surface area contributed by atoms with Crippen LogP contribution in [0.1, 0.15) is 11.3 Å². The lowest BCUT2D eigenvalue weighted by Crippen LogP contribution is -1.95. The van der Waals surface area contributed by atoms with Gasteiger partial charge in [-0.1, -0.05) is 30.3 Å². The second-order valence-corrected chi connectivity index (χ2v) is 7.66. The zero-order valence-electron chi connectivity index (χ0n) is 18.5. The largest absolute Gasteiger partial charge is 0.504 e. The Morgan fingerprint density at radius 2 is 1.52 bits per heavy atom. The van der Waals surface area contributed by atoms with E-state index in [1.165, 1.54) is 12.7 Å². The van der Waals surface area contributed by atoms with E-state index in [4.69, 9.17) is 19.2 Å². The van der Waals surface area contributed by atoms with Crippen molar-refractivity contribution in [2.45, 2.75) is 6.42 Å². The lowest BCUT2D eigenvalue weighted by Gasteiger charge is -2.14. The quantitative estimate of drug-likeness (QED) is 0.381. The SMILES string of the molecule is COc1cc(-c2nc3n[nH]c(Cc4ccccc4)c3c3cc(OC)c(OC)cc23)ccc1O. The first-order valence-electron chi connectivity index (χ1n) is 10.5. The van der Waals surface area contributed by atoms with Gasteiger partial charge in [-0.3, -0.25) is 5.10 Å². The maximum atomic E-state index is 10.1. The molecule has 0 bridgehead atoms. The molecule has 0 atom stereocenters. The molecule has 7 nitrogen and oxygen atoms in total. The van der Waals surface area contributed by atoms with Crippen molar-refractivity contribution in [1.82, 2.24) is 15.2 Å². The average molecular weight is 441 g/mol. The van der Waals surface area contributed by atoms with Crippen LogP contribution in [0.25, 0.3) is 33.1 Å². The van der Waals surface area contributed by atoms with E-state index in [1.54, 1.807) is 32.4 Å². The summed E-state index contributed by atoms with van der Waals surface area (Å²) in [6.07, 6.45) is 0.689. The van der Waals surface area contributed by atoms with Crippen LogP contribution in [-0.4, -0.2) is 41.6 Å². The van der Waals surface area contributed by atoms with Crippen LogP contribution in [0.15, 0.2) is 60.7 Å².